The maximum absolute atomic E-state index is 12.3. The van der Waals surface area contributed by atoms with Gasteiger partial charge in [0.25, 0.3) is 5.91 Å². The summed E-state index contributed by atoms with van der Waals surface area (Å²) in [5.41, 5.74) is 7.27. The van der Waals surface area contributed by atoms with Crippen LogP contribution in [-0.2, 0) is 4.79 Å². The average molecular weight is 364 g/mol. The number of rotatable bonds is 4. The molecule has 1 aliphatic carbocycles. The Morgan fingerprint density at radius 3 is 2.32 bits per heavy atom. The van der Waals surface area contributed by atoms with E-state index in [0.29, 0.717) is 11.4 Å². The lowest BCUT2D eigenvalue weighted by Gasteiger charge is -2.25. The molecular weight excluding hydrogens is 342 g/mol. The van der Waals surface area contributed by atoms with Crippen LogP contribution < -0.4 is 16.4 Å². The summed E-state index contributed by atoms with van der Waals surface area (Å²) in [6.07, 6.45) is 5.06. The molecular formula is C18H22ClN3O3. The van der Waals surface area contributed by atoms with Crippen LogP contribution in [-0.4, -0.2) is 17.9 Å². The maximum atomic E-state index is 12.3. The predicted molar refractivity (Wildman–Crippen MR) is 98.9 cm³/mol. The molecule has 1 heterocycles. The zero-order chi connectivity index (χ0) is 16.9. The lowest BCUT2D eigenvalue weighted by molar-refractivity contribution is -0.120. The van der Waals surface area contributed by atoms with Gasteiger partial charge in [0, 0.05) is 23.3 Å². The van der Waals surface area contributed by atoms with E-state index in [4.69, 9.17) is 10.2 Å². The summed E-state index contributed by atoms with van der Waals surface area (Å²) < 4.78 is 5.04. The normalized spacial score (nSPS) is 19.6. The molecule has 25 heavy (non-hydrogen) atoms. The van der Waals surface area contributed by atoms with Crippen molar-refractivity contribution in [3.8, 4) is 0 Å². The van der Waals surface area contributed by atoms with Crippen molar-refractivity contribution >= 4 is 35.6 Å². The highest BCUT2D eigenvalue weighted by molar-refractivity contribution is 6.02. The zero-order valence-electron chi connectivity index (χ0n) is 13.7. The second kappa shape index (κ2) is 8.69. The Morgan fingerprint density at radius 2 is 1.72 bits per heavy atom. The van der Waals surface area contributed by atoms with Crippen LogP contribution in [0.15, 0.2) is 47.1 Å². The van der Waals surface area contributed by atoms with Crippen molar-refractivity contribution in [2.24, 2.45) is 11.7 Å². The van der Waals surface area contributed by atoms with Crippen LogP contribution >= 0.6 is 12.4 Å². The monoisotopic (exact) mass is 363 g/mol. The molecule has 2 unspecified atom stereocenters. The van der Waals surface area contributed by atoms with Crippen molar-refractivity contribution in [2.45, 2.75) is 31.7 Å². The van der Waals surface area contributed by atoms with Gasteiger partial charge in [-0.25, -0.2) is 0 Å². The van der Waals surface area contributed by atoms with Gasteiger partial charge in [0.15, 0.2) is 5.76 Å². The fraction of sp³-hybridized carbons (Fsp3) is 0.333. The van der Waals surface area contributed by atoms with E-state index in [-0.39, 0.29) is 41.9 Å². The first-order valence-corrected chi connectivity index (χ1v) is 8.13. The minimum absolute atomic E-state index is 0. The third-order valence-corrected chi connectivity index (χ3v) is 4.24. The molecule has 2 atom stereocenters. The smallest absolute Gasteiger partial charge is 0.291 e. The average Bonchev–Trinajstić information content (AvgIpc) is 3.11. The van der Waals surface area contributed by atoms with Crippen LogP contribution in [0.3, 0.4) is 0 Å². The van der Waals surface area contributed by atoms with E-state index in [9.17, 15) is 9.59 Å². The maximum Gasteiger partial charge on any atom is 0.291 e. The SMILES string of the molecule is Cl.NC1CCCC(C(=O)Nc2ccc(NC(=O)c3ccco3)cc2)C1. The lowest BCUT2D eigenvalue weighted by atomic mass is 9.85. The highest BCUT2D eigenvalue weighted by Crippen LogP contribution is 2.25. The van der Waals surface area contributed by atoms with Crippen molar-refractivity contribution in [3.63, 3.8) is 0 Å². The molecule has 0 aliphatic heterocycles. The van der Waals surface area contributed by atoms with Gasteiger partial charge in [-0.05, 0) is 55.7 Å². The standard InChI is InChI=1S/C18H21N3O3.ClH/c19-13-4-1-3-12(11-13)17(22)20-14-6-8-15(9-7-14)21-18(23)16-5-2-10-24-16;/h2,5-10,12-13H,1,3-4,11,19H2,(H,20,22)(H,21,23);1H. The van der Waals surface area contributed by atoms with Crippen molar-refractivity contribution in [2.75, 3.05) is 10.6 Å². The number of furan rings is 1. The van der Waals surface area contributed by atoms with Crippen LogP contribution in [0, 0.1) is 5.92 Å². The summed E-state index contributed by atoms with van der Waals surface area (Å²) in [5.74, 6) is -0.0707. The van der Waals surface area contributed by atoms with Crippen LogP contribution in [0.1, 0.15) is 36.2 Å². The first-order valence-electron chi connectivity index (χ1n) is 8.13. The molecule has 2 aromatic rings. The molecule has 2 amide bonds. The molecule has 1 aliphatic rings. The highest BCUT2D eigenvalue weighted by atomic mass is 35.5. The van der Waals surface area contributed by atoms with Gasteiger partial charge in [-0.2, -0.15) is 0 Å². The number of amides is 2. The minimum atomic E-state index is -0.312. The molecule has 1 aromatic carbocycles. The first-order chi connectivity index (χ1) is 11.6. The number of nitrogens with two attached hydrogens (primary N) is 1. The largest absolute Gasteiger partial charge is 0.459 e. The van der Waals surface area contributed by atoms with E-state index >= 15 is 0 Å². The number of halogens is 1. The number of hydrogen-bond acceptors (Lipinski definition) is 4. The van der Waals surface area contributed by atoms with E-state index in [2.05, 4.69) is 10.6 Å². The zero-order valence-corrected chi connectivity index (χ0v) is 14.6. The topological polar surface area (TPSA) is 97.4 Å². The minimum Gasteiger partial charge on any atom is -0.459 e. The number of benzene rings is 1. The van der Waals surface area contributed by atoms with Crippen LogP contribution in [0.2, 0.25) is 0 Å². The molecule has 4 N–H and O–H groups in total. The Hall–Kier alpha value is -2.31. The fourth-order valence-electron chi connectivity index (χ4n) is 2.95. The van der Waals surface area contributed by atoms with Gasteiger partial charge in [-0.1, -0.05) is 6.42 Å². The molecule has 1 fully saturated rings. The van der Waals surface area contributed by atoms with Gasteiger partial charge in [-0.3, -0.25) is 9.59 Å². The molecule has 3 rings (SSSR count). The lowest BCUT2D eigenvalue weighted by Crippen LogP contribution is -2.34. The first kappa shape index (κ1) is 19.0. The Morgan fingerprint density at radius 1 is 1.04 bits per heavy atom. The second-order valence-corrected chi connectivity index (χ2v) is 6.12. The van der Waals surface area contributed by atoms with E-state index in [1.807, 2.05) is 0 Å². The van der Waals surface area contributed by atoms with Crippen molar-refractivity contribution in [1.82, 2.24) is 0 Å². The van der Waals surface area contributed by atoms with E-state index in [0.717, 1.165) is 25.7 Å². The van der Waals surface area contributed by atoms with Gasteiger partial charge >= 0.3 is 0 Å². The van der Waals surface area contributed by atoms with Gasteiger partial charge in [0.05, 0.1) is 6.26 Å². The van der Waals surface area contributed by atoms with E-state index in [1.54, 1.807) is 36.4 Å². The molecule has 134 valence electrons. The Kier molecular flexibility index (Phi) is 6.61. The number of nitrogens with one attached hydrogen (secondary N) is 2. The molecule has 1 saturated carbocycles. The summed E-state index contributed by atoms with van der Waals surface area (Å²) in [4.78, 5) is 24.2. The summed E-state index contributed by atoms with van der Waals surface area (Å²) in [7, 11) is 0. The molecule has 0 bridgehead atoms. The number of anilines is 2. The quantitative estimate of drug-likeness (QED) is 0.775. The predicted octanol–water partition coefficient (Wildman–Crippen LogP) is 3.41. The molecule has 0 spiro atoms. The van der Waals surface area contributed by atoms with E-state index < -0.39 is 0 Å². The summed E-state index contributed by atoms with van der Waals surface area (Å²) in [5, 5.41) is 5.65. The van der Waals surface area contributed by atoms with Crippen molar-refractivity contribution in [3.05, 3.63) is 48.4 Å². The third-order valence-electron chi connectivity index (χ3n) is 4.24. The number of hydrogen-bond donors (Lipinski definition) is 3. The second-order valence-electron chi connectivity index (χ2n) is 6.12. The van der Waals surface area contributed by atoms with Crippen LogP contribution in [0.5, 0.6) is 0 Å². The number of carbonyl (C=O) groups is 2. The van der Waals surface area contributed by atoms with Crippen LogP contribution in [0.4, 0.5) is 11.4 Å². The summed E-state index contributed by atoms with van der Waals surface area (Å²) in [6, 6.07) is 10.4. The van der Waals surface area contributed by atoms with Gasteiger partial charge in [0.2, 0.25) is 5.91 Å². The summed E-state index contributed by atoms with van der Waals surface area (Å²) >= 11 is 0. The fourth-order valence-corrected chi connectivity index (χ4v) is 2.95. The van der Waals surface area contributed by atoms with Gasteiger partial charge < -0.3 is 20.8 Å². The molecule has 7 heteroatoms. The summed E-state index contributed by atoms with van der Waals surface area (Å²) in [6.45, 7) is 0. The van der Waals surface area contributed by atoms with Crippen molar-refractivity contribution in [1.29, 1.82) is 0 Å². The Labute approximate surface area is 152 Å². The molecule has 6 nitrogen and oxygen atoms in total. The molecule has 1 aromatic heterocycles. The Bertz CT molecular complexity index is 701. The van der Waals surface area contributed by atoms with Crippen LogP contribution in [0.25, 0.3) is 0 Å². The van der Waals surface area contributed by atoms with Crippen molar-refractivity contribution < 1.29 is 14.0 Å². The highest BCUT2D eigenvalue weighted by Gasteiger charge is 2.25. The number of carbonyl (C=O) groups excluding carboxylic acids is 2. The van der Waals surface area contributed by atoms with Gasteiger partial charge in [0.1, 0.15) is 0 Å². The third kappa shape index (κ3) is 5.08. The Balaban J connectivity index is 0.00000225. The van der Waals surface area contributed by atoms with E-state index in [1.165, 1.54) is 6.26 Å². The van der Waals surface area contributed by atoms with Gasteiger partial charge in [-0.15, -0.1) is 12.4 Å². The molecule has 0 radical (unpaired) electrons. The molecule has 0 saturated heterocycles.